The Balaban J connectivity index is 2.06. The molecule has 0 atom stereocenters. The second-order valence-electron chi connectivity index (χ2n) is 4.15. The van der Waals surface area contributed by atoms with E-state index < -0.39 is 5.41 Å². The summed E-state index contributed by atoms with van der Waals surface area (Å²) >= 11 is 6.93. The lowest BCUT2D eigenvalue weighted by atomic mass is 9.82. The molecule has 1 aromatic rings. The average Bonchev–Trinajstić information content (AvgIpc) is 2.78. The molecule has 0 amide bonds. The Hall–Kier alpha value is -1.34. The molecule has 2 rings (SSSR count). The van der Waals surface area contributed by atoms with Crippen molar-refractivity contribution in [3.8, 4) is 12.1 Å². The van der Waals surface area contributed by atoms with Gasteiger partial charge in [0.15, 0.2) is 5.15 Å². The van der Waals surface area contributed by atoms with Gasteiger partial charge < -0.3 is 10.1 Å². The van der Waals surface area contributed by atoms with E-state index in [9.17, 15) is 5.26 Å². The van der Waals surface area contributed by atoms with Gasteiger partial charge in [-0.15, -0.1) is 0 Å². The third-order valence-electron chi connectivity index (χ3n) is 3.04. The zero-order valence-corrected chi connectivity index (χ0v) is 11.1. The molecule has 1 fully saturated rings. The third-order valence-corrected chi connectivity index (χ3v) is 4.22. The maximum Gasteiger partial charge on any atom is 0.162 e. The van der Waals surface area contributed by atoms with Crippen LogP contribution in [0.1, 0.15) is 18.4 Å². The molecule has 2 heterocycles. The molecule has 5 nitrogen and oxygen atoms in total. The molecule has 0 aromatic carbocycles. The highest BCUT2D eigenvalue weighted by Gasteiger charge is 2.33. The second-order valence-corrected chi connectivity index (χ2v) is 5.28. The summed E-state index contributed by atoms with van der Waals surface area (Å²) in [4.78, 5) is 0. The van der Waals surface area contributed by atoms with Crippen molar-refractivity contribution >= 4 is 28.1 Å². The van der Waals surface area contributed by atoms with Crippen LogP contribution in [0.15, 0.2) is 0 Å². The first-order valence-electron chi connectivity index (χ1n) is 5.49. The largest absolute Gasteiger partial charge is 0.381 e. The lowest BCUT2D eigenvalue weighted by molar-refractivity contribution is 0.0456. The van der Waals surface area contributed by atoms with Crippen LogP contribution in [0.25, 0.3) is 0 Å². The van der Waals surface area contributed by atoms with Crippen molar-refractivity contribution in [2.45, 2.75) is 12.8 Å². The van der Waals surface area contributed by atoms with Crippen LogP contribution in [-0.2, 0) is 4.74 Å². The Morgan fingerprint density at radius 3 is 2.78 bits per heavy atom. The van der Waals surface area contributed by atoms with E-state index in [1.165, 1.54) is 0 Å². The third kappa shape index (κ3) is 2.56. The minimum atomic E-state index is -0.429. The highest BCUT2D eigenvalue weighted by atomic mass is 35.5. The fraction of sp³-hybridized carbons (Fsp3) is 0.545. The van der Waals surface area contributed by atoms with E-state index in [0.29, 0.717) is 43.2 Å². The number of rotatable bonds is 3. The van der Waals surface area contributed by atoms with E-state index in [2.05, 4.69) is 15.8 Å². The summed E-state index contributed by atoms with van der Waals surface area (Å²) in [6, 6.07) is 4.37. The monoisotopic (exact) mass is 282 g/mol. The van der Waals surface area contributed by atoms with E-state index in [4.69, 9.17) is 21.6 Å². The molecular weight excluding hydrogens is 272 g/mol. The van der Waals surface area contributed by atoms with Crippen LogP contribution in [0, 0.1) is 28.1 Å². The SMILES string of the molecule is N#Cc1c(Cl)nsc1NCC1(C#N)CCOCC1. The number of hydrogen-bond acceptors (Lipinski definition) is 6. The number of halogens is 1. The predicted molar refractivity (Wildman–Crippen MR) is 68.4 cm³/mol. The van der Waals surface area contributed by atoms with Gasteiger partial charge in [0, 0.05) is 19.8 Å². The summed E-state index contributed by atoms with van der Waals surface area (Å²) in [6.07, 6.45) is 1.40. The molecule has 0 aliphatic carbocycles. The number of hydrogen-bond donors (Lipinski definition) is 1. The molecular formula is C11H11ClN4OS. The predicted octanol–water partition coefficient (Wildman–Crippen LogP) is 2.40. The van der Waals surface area contributed by atoms with Gasteiger partial charge in [0.05, 0.1) is 11.5 Å². The quantitative estimate of drug-likeness (QED) is 0.920. The Morgan fingerprint density at radius 1 is 1.44 bits per heavy atom. The number of anilines is 1. The molecule has 7 heteroatoms. The maximum absolute atomic E-state index is 9.30. The van der Waals surface area contributed by atoms with E-state index in [0.717, 1.165) is 11.5 Å². The molecule has 0 spiro atoms. The minimum Gasteiger partial charge on any atom is -0.381 e. The first-order chi connectivity index (χ1) is 8.71. The van der Waals surface area contributed by atoms with Crippen LogP contribution in [0.4, 0.5) is 5.00 Å². The molecule has 0 radical (unpaired) electrons. The van der Waals surface area contributed by atoms with Crippen LogP contribution in [0.3, 0.4) is 0 Å². The van der Waals surface area contributed by atoms with Gasteiger partial charge >= 0.3 is 0 Å². The van der Waals surface area contributed by atoms with Crippen LogP contribution >= 0.6 is 23.1 Å². The van der Waals surface area contributed by atoms with E-state index >= 15 is 0 Å². The van der Waals surface area contributed by atoms with Gasteiger partial charge in [0.2, 0.25) is 0 Å². The zero-order valence-electron chi connectivity index (χ0n) is 9.57. The van der Waals surface area contributed by atoms with E-state index in [1.54, 1.807) is 0 Å². The summed E-state index contributed by atoms with van der Waals surface area (Å²) in [5, 5.41) is 22.2. The minimum absolute atomic E-state index is 0.211. The highest BCUT2D eigenvalue weighted by molar-refractivity contribution is 7.10. The van der Waals surface area contributed by atoms with E-state index in [1.807, 2.05) is 6.07 Å². The van der Waals surface area contributed by atoms with Crippen molar-refractivity contribution in [1.29, 1.82) is 10.5 Å². The summed E-state index contributed by atoms with van der Waals surface area (Å²) in [5.41, 5.74) is -0.0802. The van der Waals surface area contributed by atoms with Crippen molar-refractivity contribution in [3.05, 3.63) is 10.7 Å². The van der Waals surface area contributed by atoms with Gasteiger partial charge in [-0.05, 0) is 24.4 Å². The fourth-order valence-electron chi connectivity index (χ4n) is 1.83. The Labute approximate surface area is 114 Å². The Bertz CT molecular complexity index is 510. The van der Waals surface area contributed by atoms with Gasteiger partial charge in [-0.3, -0.25) is 0 Å². The second kappa shape index (κ2) is 5.53. The van der Waals surface area contributed by atoms with Gasteiger partial charge in [-0.2, -0.15) is 14.9 Å². The summed E-state index contributed by atoms with van der Waals surface area (Å²) in [7, 11) is 0. The van der Waals surface area contributed by atoms with Gasteiger partial charge in [-0.1, -0.05) is 11.6 Å². The number of ether oxygens (including phenoxy) is 1. The topological polar surface area (TPSA) is 81.7 Å². The van der Waals surface area contributed by atoms with Gasteiger partial charge in [0.25, 0.3) is 0 Å². The molecule has 0 bridgehead atoms. The number of aromatic nitrogens is 1. The number of nitrogens with zero attached hydrogens (tertiary/aromatic N) is 3. The van der Waals surface area contributed by atoms with Crippen LogP contribution in [0.5, 0.6) is 0 Å². The average molecular weight is 283 g/mol. The number of nitrogens with one attached hydrogen (secondary N) is 1. The molecule has 0 saturated carbocycles. The molecule has 1 saturated heterocycles. The smallest absolute Gasteiger partial charge is 0.162 e. The van der Waals surface area contributed by atoms with Gasteiger partial charge in [-0.25, -0.2) is 0 Å². The lowest BCUT2D eigenvalue weighted by Crippen LogP contribution is -2.34. The van der Waals surface area contributed by atoms with Crippen molar-refractivity contribution in [3.63, 3.8) is 0 Å². The molecule has 94 valence electrons. The van der Waals surface area contributed by atoms with Gasteiger partial charge in [0.1, 0.15) is 16.6 Å². The Kier molecular flexibility index (Phi) is 4.03. The maximum atomic E-state index is 9.30. The first kappa shape index (κ1) is 13.1. The number of nitriles is 2. The molecule has 0 unspecified atom stereocenters. The molecule has 1 aromatic heterocycles. The summed E-state index contributed by atoms with van der Waals surface area (Å²) < 4.78 is 9.18. The van der Waals surface area contributed by atoms with Crippen LogP contribution < -0.4 is 5.32 Å². The Morgan fingerprint density at radius 2 is 2.17 bits per heavy atom. The lowest BCUT2D eigenvalue weighted by Gasteiger charge is -2.30. The van der Waals surface area contributed by atoms with Crippen molar-refractivity contribution < 1.29 is 4.74 Å². The zero-order chi connectivity index (χ0) is 13.0. The summed E-state index contributed by atoms with van der Waals surface area (Å²) in [6.45, 7) is 1.69. The van der Waals surface area contributed by atoms with Crippen LogP contribution in [-0.4, -0.2) is 24.1 Å². The summed E-state index contributed by atoms with van der Waals surface area (Å²) in [5.74, 6) is 0. The van der Waals surface area contributed by atoms with Crippen molar-refractivity contribution in [2.24, 2.45) is 5.41 Å². The first-order valence-corrected chi connectivity index (χ1v) is 6.64. The normalized spacial score (nSPS) is 17.7. The van der Waals surface area contributed by atoms with E-state index in [-0.39, 0.29) is 5.15 Å². The molecule has 18 heavy (non-hydrogen) atoms. The van der Waals surface area contributed by atoms with Crippen LogP contribution in [0.2, 0.25) is 5.15 Å². The molecule has 1 aliphatic heterocycles. The van der Waals surface area contributed by atoms with Crippen molar-refractivity contribution in [1.82, 2.24) is 4.37 Å². The fourth-order valence-corrected chi connectivity index (χ4v) is 2.76. The standard InChI is InChI=1S/C11H11ClN4OS/c12-9-8(5-13)10(18-16-9)15-7-11(6-14)1-3-17-4-2-11/h15H,1-4,7H2. The highest BCUT2D eigenvalue weighted by Crippen LogP contribution is 2.33. The van der Waals surface area contributed by atoms with Crippen molar-refractivity contribution in [2.75, 3.05) is 25.1 Å². The molecule has 1 N–H and O–H groups in total. The molecule has 1 aliphatic rings.